The molecular weight excluding hydrogens is 588 g/mol. The molecule has 3 heterocycles. The first-order valence-corrected chi connectivity index (χ1v) is 14.9. The Morgan fingerprint density at radius 3 is 2.20 bits per heavy atom. The van der Waals surface area contributed by atoms with Crippen LogP contribution in [0.4, 0.5) is 17.1 Å². The van der Waals surface area contributed by atoms with Gasteiger partial charge >= 0.3 is 5.97 Å². The maximum atomic E-state index is 13.7. The van der Waals surface area contributed by atoms with Crippen molar-refractivity contribution in [2.45, 2.75) is 18.9 Å². The summed E-state index contributed by atoms with van der Waals surface area (Å²) in [7, 11) is 4.29. The highest BCUT2D eigenvalue weighted by atomic mass is 16.5. The molecule has 11 nitrogen and oxygen atoms in total. The lowest BCUT2D eigenvalue weighted by Gasteiger charge is -2.44. The van der Waals surface area contributed by atoms with Gasteiger partial charge in [0, 0.05) is 54.5 Å². The predicted octanol–water partition coefficient (Wildman–Crippen LogP) is 4.78. The Labute approximate surface area is 265 Å². The molecule has 2 aliphatic rings. The Hall–Kier alpha value is -5.58. The van der Waals surface area contributed by atoms with Gasteiger partial charge in [0.05, 0.1) is 44.0 Å². The number of piperidine rings is 1. The van der Waals surface area contributed by atoms with Crippen LogP contribution in [0.2, 0.25) is 0 Å². The zero-order valence-corrected chi connectivity index (χ0v) is 25.7. The molecule has 0 spiro atoms. The molecule has 46 heavy (non-hydrogen) atoms. The molecule has 2 amide bonds. The summed E-state index contributed by atoms with van der Waals surface area (Å²) in [6.07, 6.45) is 0.964. The zero-order chi connectivity index (χ0) is 32.4. The normalized spacial score (nSPS) is 16.5. The Bertz CT molecular complexity index is 1860. The van der Waals surface area contributed by atoms with Crippen LogP contribution in [0.25, 0.3) is 0 Å². The van der Waals surface area contributed by atoms with Crippen molar-refractivity contribution < 1.29 is 28.6 Å². The number of aromatic nitrogens is 1. The minimum atomic E-state index is -0.576. The fraction of sp³-hybridized carbons (Fsp3) is 0.257. The predicted molar refractivity (Wildman–Crippen MR) is 173 cm³/mol. The summed E-state index contributed by atoms with van der Waals surface area (Å²) in [5.74, 6) is -0.181. The topological polar surface area (TPSA) is 128 Å². The van der Waals surface area contributed by atoms with E-state index in [-0.39, 0.29) is 28.5 Å². The van der Waals surface area contributed by atoms with Crippen LogP contribution in [0.1, 0.15) is 49.1 Å². The molecule has 11 heteroatoms. The average molecular weight is 623 g/mol. The number of nitrogens with one attached hydrogen (secondary N) is 2. The van der Waals surface area contributed by atoms with Gasteiger partial charge in [-0.05, 0) is 60.9 Å². The van der Waals surface area contributed by atoms with Gasteiger partial charge in [0.2, 0.25) is 0 Å². The number of benzene rings is 3. The minimum Gasteiger partial charge on any atom is -0.497 e. The van der Waals surface area contributed by atoms with Gasteiger partial charge in [-0.1, -0.05) is 18.2 Å². The highest BCUT2D eigenvalue weighted by molar-refractivity contribution is 6.11. The number of fused-ring (bicyclic) bond motifs is 4. The van der Waals surface area contributed by atoms with Gasteiger partial charge in [0.1, 0.15) is 11.5 Å². The number of esters is 1. The summed E-state index contributed by atoms with van der Waals surface area (Å²) in [5.41, 5.74) is 3.30. The van der Waals surface area contributed by atoms with Crippen LogP contribution in [0, 0.1) is 5.92 Å². The van der Waals surface area contributed by atoms with Gasteiger partial charge in [-0.15, -0.1) is 0 Å². The van der Waals surface area contributed by atoms with Crippen molar-refractivity contribution in [2.24, 2.45) is 5.92 Å². The molecule has 3 aromatic carbocycles. The van der Waals surface area contributed by atoms with E-state index >= 15 is 0 Å². The number of amides is 2. The number of nitrogens with zero attached hydrogens (tertiary/aromatic N) is 2. The van der Waals surface area contributed by atoms with Gasteiger partial charge in [-0.3, -0.25) is 14.4 Å². The SMILES string of the molecule is COC(=O)c1ccccc1NC(=O)c1ccc(N2CC3CC(C2)c2cccc(=O)n2C3)c(NC(=O)c2cc(OC)cc(OC)c2)c1. The Morgan fingerprint density at radius 1 is 0.739 bits per heavy atom. The van der Waals surface area contributed by atoms with Crippen LogP contribution in [0.15, 0.2) is 83.7 Å². The van der Waals surface area contributed by atoms with Crippen molar-refractivity contribution in [1.82, 2.24) is 4.57 Å². The fourth-order valence-electron chi connectivity index (χ4n) is 6.35. The van der Waals surface area contributed by atoms with Crippen LogP contribution in [0.3, 0.4) is 0 Å². The summed E-state index contributed by atoms with van der Waals surface area (Å²) >= 11 is 0. The van der Waals surface area contributed by atoms with Crippen LogP contribution >= 0.6 is 0 Å². The number of rotatable bonds is 8. The molecule has 1 fully saturated rings. The molecule has 2 unspecified atom stereocenters. The lowest BCUT2D eigenvalue weighted by atomic mass is 9.83. The third-order valence-corrected chi connectivity index (χ3v) is 8.52. The lowest BCUT2D eigenvalue weighted by Crippen LogP contribution is -2.47. The number of pyridine rings is 1. The number of carbonyl (C=O) groups excluding carboxylic acids is 3. The van der Waals surface area contributed by atoms with Crippen LogP contribution < -0.4 is 30.6 Å². The van der Waals surface area contributed by atoms with Crippen molar-refractivity contribution in [3.8, 4) is 11.5 Å². The summed E-state index contributed by atoms with van der Waals surface area (Å²) in [6, 6.07) is 22.0. The maximum Gasteiger partial charge on any atom is 0.339 e. The average Bonchev–Trinajstić information content (AvgIpc) is 3.08. The first-order valence-electron chi connectivity index (χ1n) is 14.9. The smallest absolute Gasteiger partial charge is 0.339 e. The molecule has 2 N–H and O–H groups in total. The molecule has 4 aromatic rings. The van der Waals surface area contributed by atoms with Gasteiger partial charge in [0.25, 0.3) is 17.4 Å². The Balaban J connectivity index is 1.35. The second-order valence-electron chi connectivity index (χ2n) is 11.4. The molecule has 6 rings (SSSR count). The third kappa shape index (κ3) is 6.03. The molecule has 1 saturated heterocycles. The first kappa shape index (κ1) is 30.4. The summed E-state index contributed by atoms with van der Waals surface area (Å²) in [5, 5.41) is 5.82. The molecule has 0 radical (unpaired) electrons. The second kappa shape index (κ2) is 12.8. The van der Waals surface area contributed by atoms with E-state index in [4.69, 9.17) is 14.2 Å². The van der Waals surface area contributed by atoms with Gasteiger partial charge < -0.3 is 34.3 Å². The van der Waals surface area contributed by atoms with E-state index in [1.807, 2.05) is 16.7 Å². The van der Waals surface area contributed by atoms with Gasteiger partial charge in [-0.25, -0.2) is 4.79 Å². The summed E-state index contributed by atoms with van der Waals surface area (Å²) in [6.45, 7) is 1.92. The number of hydrogen-bond acceptors (Lipinski definition) is 8. The van der Waals surface area contributed by atoms with Gasteiger partial charge in [0.15, 0.2) is 0 Å². The second-order valence-corrected chi connectivity index (χ2v) is 11.4. The third-order valence-electron chi connectivity index (χ3n) is 8.52. The molecular formula is C35H34N4O7. The number of methoxy groups -OCH3 is 3. The standard InChI is InChI=1S/C35H34N4O7/c1-44-25-14-23(15-26(17-25)45-2)34(42)37-29-16-22(33(41)36-28-8-5-4-7-27(28)35(43)46-3)11-12-31(29)38-18-21-13-24(20-38)30-9-6-10-32(40)39(30)19-21/h4-12,14-17,21,24H,13,18-20H2,1-3H3,(H,36,41)(H,37,42). The zero-order valence-electron chi connectivity index (χ0n) is 25.7. The van der Waals surface area contributed by atoms with Crippen molar-refractivity contribution in [1.29, 1.82) is 0 Å². The van der Waals surface area contributed by atoms with E-state index in [9.17, 15) is 19.2 Å². The molecule has 1 aromatic heterocycles. The summed E-state index contributed by atoms with van der Waals surface area (Å²) in [4.78, 5) is 54.3. The van der Waals surface area contributed by atoms with Crippen molar-refractivity contribution in [3.05, 3.63) is 112 Å². The first-order chi connectivity index (χ1) is 22.3. The number of para-hydroxylation sites is 1. The molecule has 2 atom stereocenters. The quantitative estimate of drug-likeness (QED) is 0.269. The summed E-state index contributed by atoms with van der Waals surface area (Å²) < 4.78 is 17.5. The lowest BCUT2D eigenvalue weighted by molar-refractivity contribution is 0.0601. The van der Waals surface area contributed by atoms with Crippen molar-refractivity contribution >= 4 is 34.8 Å². The fourth-order valence-corrected chi connectivity index (χ4v) is 6.35. The van der Waals surface area contributed by atoms with Crippen molar-refractivity contribution in [3.63, 3.8) is 0 Å². The Kier molecular flexibility index (Phi) is 8.47. The van der Waals surface area contributed by atoms with E-state index in [0.29, 0.717) is 48.1 Å². The highest BCUT2D eigenvalue weighted by Gasteiger charge is 2.35. The monoisotopic (exact) mass is 622 g/mol. The van der Waals surface area contributed by atoms with E-state index in [2.05, 4.69) is 15.5 Å². The molecule has 236 valence electrons. The largest absolute Gasteiger partial charge is 0.497 e. The maximum absolute atomic E-state index is 13.7. The van der Waals surface area contributed by atoms with Crippen molar-refractivity contribution in [2.75, 3.05) is 50.0 Å². The number of ether oxygens (including phenoxy) is 3. The van der Waals surface area contributed by atoms with E-state index in [1.165, 1.54) is 21.3 Å². The molecule has 2 bridgehead atoms. The number of hydrogen-bond donors (Lipinski definition) is 2. The van der Waals surface area contributed by atoms with E-state index < -0.39 is 17.8 Å². The van der Waals surface area contributed by atoms with Crippen LogP contribution in [-0.4, -0.2) is 56.8 Å². The molecule has 0 aliphatic carbocycles. The molecule has 0 saturated carbocycles. The Morgan fingerprint density at radius 2 is 1.46 bits per heavy atom. The number of carbonyl (C=O) groups is 3. The van der Waals surface area contributed by atoms with E-state index in [0.717, 1.165) is 17.8 Å². The highest BCUT2D eigenvalue weighted by Crippen LogP contribution is 2.39. The van der Waals surface area contributed by atoms with Gasteiger partial charge in [-0.2, -0.15) is 0 Å². The van der Waals surface area contributed by atoms with Crippen LogP contribution in [0.5, 0.6) is 11.5 Å². The minimum absolute atomic E-state index is 0.00598. The van der Waals surface area contributed by atoms with E-state index in [1.54, 1.807) is 66.7 Å². The van der Waals surface area contributed by atoms with Crippen LogP contribution in [-0.2, 0) is 11.3 Å². The molecule has 2 aliphatic heterocycles. The number of anilines is 3.